The number of hydrogen-bond acceptors (Lipinski definition) is 14. The molecule has 0 saturated carbocycles. The fourth-order valence-electron chi connectivity index (χ4n) is 3.93. The summed E-state index contributed by atoms with van der Waals surface area (Å²) in [6.07, 6.45) is -15.1. The lowest BCUT2D eigenvalue weighted by atomic mass is 9.95. The first-order valence-corrected chi connectivity index (χ1v) is 11.9. The zero-order chi connectivity index (χ0) is 28.2. The molecule has 12 atom stereocenters. The maximum atomic E-state index is 12.4. The number of carbonyl (C=O) groups is 2. The zero-order valence-electron chi connectivity index (χ0n) is 21.5. The molecular weight excluding hydrogens is 500 g/mol. The van der Waals surface area contributed by atoms with Crippen LogP contribution in [-0.4, -0.2) is 135 Å². The molecule has 2 fully saturated rings. The molecule has 2 rings (SSSR count). The molecule has 0 spiro atoms. The predicted molar refractivity (Wildman–Crippen MR) is 122 cm³/mol. The highest BCUT2D eigenvalue weighted by Crippen LogP contribution is 2.30. The first-order valence-electron chi connectivity index (χ1n) is 11.9. The maximum Gasteiger partial charge on any atom is 0.326 e. The Balaban J connectivity index is 2.30. The van der Waals surface area contributed by atoms with Gasteiger partial charge >= 0.3 is 5.97 Å². The first-order chi connectivity index (χ1) is 17.1. The summed E-state index contributed by atoms with van der Waals surface area (Å²) in [5, 5.41) is 63.0. The van der Waals surface area contributed by atoms with Gasteiger partial charge in [0.1, 0.15) is 60.4 Å². The Kier molecular flexibility index (Phi) is 11.2. The second-order valence-electron chi connectivity index (χ2n) is 10.1. The van der Waals surface area contributed by atoms with E-state index in [4.69, 9.17) is 29.4 Å². The lowest BCUT2D eigenvalue weighted by Gasteiger charge is -2.47. The van der Waals surface area contributed by atoms with Crippen LogP contribution in [0.15, 0.2) is 0 Å². The second kappa shape index (κ2) is 13.0. The van der Waals surface area contributed by atoms with Crippen molar-refractivity contribution < 1.29 is 63.9 Å². The van der Waals surface area contributed by atoms with Crippen molar-refractivity contribution in [1.29, 1.82) is 0 Å². The monoisotopic (exact) mass is 540 g/mol. The van der Waals surface area contributed by atoms with Crippen molar-refractivity contribution in [3.05, 3.63) is 0 Å². The van der Waals surface area contributed by atoms with Crippen molar-refractivity contribution in [3.63, 3.8) is 0 Å². The normalized spacial score (nSPS) is 38.5. The van der Waals surface area contributed by atoms with Crippen LogP contribution < -0.4 is 11.1 Å². The average molecular weight is 541 g/mol. The molecule has 0 aliphatic carbocycles. The summed E-state index contributed by atoms with van der Waals surface area (Å²) >= 11 is 0. The van der Waals surface area contributed by atoms with Crippen LogP contribution in [0.25, 0.3) is 0 Å². The number of nitrogens with two attached hydrogens (primary N) is 1. The van der Waals surface area contributed by atoms with Gasteiger partial charge in [0.05, 0.1) is 19.3 Å². The number of nitrogens with one attached hydrogen (secondary N) is 1. The largest absolute Gasteiger partial charge is 0.459 e. The van der Waals surface area contributed by atoms with E-state index in [1.165, 1.54) is 13.8 Å². The molecule has 2 aliphatic rings. The molecule has 0 bridgehead atoms. The number of hydrogen-bond donors (Lipinski definition) is 8. The molecule has 2 aliphatic heterocycles. The smallest absolute Gasteiger partial charge is 0.326 e. The Morgan fingerprint density at radius 2 is 1.49 bits per heavy atom. The van der Waals surface area contributed by atoms with Crippen molar-refractivity contribution >= 4 is 11.9 Å². The van der Waals surface area contributed by atoms with Gasteiger partial charge in [0.25, 0.3) is 0 Å². The van der Waals surface area contributed by atoms with Gasteiger partial charge in [-0.2, -0.15) is 0 Å². The molecule has 2 saturated heterocycles. The van der Waals surface area contributed by atoms with Crippen molar-refractivity contribution in [2.75, 3.05) is 13.2 Å². The Morgan fingerprint density at radius 3 is 2.00 bits per heavy atom. The van der Waals surface area contributed by atoms with E-state index >= 15 is 0 Å². The summed E-state index contributed by atoms with van der Waals surface area (Å²) in [5.74, 6) is -1.36. The van der Waals surface area contributed by atoms with Crippen molar-refractivity contribution in [1.82, 2.24) is 5.32 Å². The van der Waals surface area contributed by atoms with Gasteiger partial charge in [-0.15, -0.1) is 0 Å². The summed E-state index contributed by atoms with van der Waals surface area (Å²) in [4.78, 5) is 24.4. The van der Waals surface area contributed by atoms with Gasteiger partial charge in [-0.05, 0) is 27.7 Å². The van der Waals surface area contributed by atoms with Crippen LogP contribution in [0.3, 0.4) is 0 Å². The predicted octanol–water partition coefficient (Wildman–Crippen LogP) is -4.17. The summed E-state index contributed by atoms with van der Waals surface area (Å²) in [5.41, 5.74) is 5.17. The summed E-state index contributed by atoms with van der Waals surface area (Å²) in [6.45, 7) is 6.17. The van der Waals surface area contributed by atoms with Crippen molar-refractivity contribution in [3.8, 4) is 0 Å². The topological polar surface area (TPSA) is 240 Å². The third kappa shape index (κ3) is 8.00. The van der Waals surface area contributed by atoms with Crippen LogP contribution in [0, 0.1) is 0 Å². The van der Waals surface area contributed by atoms with Crippen LogP contribution in [0.2, 0.25) is 0 Å². The van der Waals surface area contributed by atoms with Crippen molar-refractivity contribution in [2.45, 2.75) is 114 Å². The number of carbonyl (C=O) groups excluding carboxylic acids is 2. The standard InChI is InChI=1S/C22H40N2O13/c1-8(12(23)19(32)37-22(3,4)5)33-20-13(24-9(2)27)18(15(29)11(7-26)34-20)36-21-17(31)16(30)14(28)10(6-25)35-21/h8,10-18,20-21,25-26,28-31H,6-7,23H2,1-5H3,(H,24,27)/t8-,10+,11+,12-,13+,14-,15-,16-,17+,18+,20-,21-/m0/s1. The van der Waals surface area contributed by atoms with E-state index < -0.39 is 104 Å². The van der Waals surface area contributed by atoms with Crippen molar-refractivity contribution in [2.24, 2.45) is 5.73 Å². The van der Waals surface area contributed by atoms with Gasteiger partial charge in [-0.3, -0.25) is 9.59 Å². The molecule has 0 aromatic rings. The number of aliphatic hydroxyl groups excluding tert-OH is 6. The third-order valence-electron chi connectivity index (χ3n) is 5.90. The van der Waals surface area contributed by atoms with Gasteiger partial charge in [0.2, 0.25) is 5.91 Å². The van der Waals surface area contributed by atoms with Gasteiger partial charge < -0.3 is 65.4 Å². The quantitative estimate of drug-likeness (QED) is 0.129. The fourth-order valence-corrected chi connectivity index (χ4v) is 3.93. The van der Waals surface area contributed by atoms with Crippen LogP contribution in [0.5, 0.6) is 0 Å². The number of rotatable bonds is 9. The lowest BCUT2D eigenvalue weighted by Crippen LogP contribution is -2.68. The number of ether oxygens (including phenoxy) is 5. The zero-order valence-corrected chi connectivity index (χ0v) is 21.5. The number of esters is 1. The maximum absolute atomic E-state index is 12.4. The second-order valence-corrected chi connectivity index (χ2v) is 10.1. The average Bonchev–Trinajstić information content (AvgIpc) is 2.80. The van der Waals surface area contributed by atoms with Crippen LogP contribution in [-0.2, 0) is 33.3 Å². The number of aliphatic hydroxyl groups is 6. The molecule has 0 radical (unpaired) electrons. The van der Waals surface area contributed by atoms with E-state index in [1.807, 2.05) is 0 Å². The van der Waals surface area contributed by atoms with Crippen LogP contribution in [0.1, 0.15) is 34.6 Å². The molecule has 2 heterocycles. The van der Waals surface area contributed by atoms with E-state index in [-0.39, 0.29) is 0 Å². The fraction of sp³-hybridized carbons (Fsp3) is 0.909. The lowest BCUT2D eigenvalue weighted by molar-refractivity contribution is -0.347. The van der Waals surface area contributed by atoms with Crippen LogP contribution in [0.4, 0.5) is 0 Å². The summed E-state index contributed by atoms with van der Waals surface area (Å²) in [6, 6.07) is -2.57. The minimum atomic E-state index is -1.81. The highest BCUT2D eigenvalue weighted by molar-refractivity contribution is 5.76. The van der Waals surface area contributed by atoms with E-state index in [0.29, 0.717) is 0 Å². The van der Waals surface area contributed by atoms with Gasteiger partial charge in [-0.25, -0.2) is 0 Å². The molecular formula is C22H40N2O13. The molecule has 1 amide bonds. The van der Waals surface area contributed by atoms with Gasteiger partial charge in [0, 0.05) is 6.92 Å². The van der Waals surface area contributed by atoms with E-state index in [2.05, 4.69) is 5.32 Å². The molecule has 0 unspecified atom stereocenters. The van der Waals surface area contributed by atoms with E-state index in [9.17, 15) is 40.2 Å². The number of amides is 1. The molecule has 37 heavy (non-hydrogen) atoms. The Hall–Kier alpha value is -1.50. The first kappa shape index (κ1) is 31.7. The molecule has 216 valence electrons. The van der Waals surface area contributed by atoms with E-state index in [0.717, 1.165) is 0 Å². The molecule has 15 heteroatoms. The molecule has 0 aromatic heterocycles. The molecule has 15 nitrogen and oxygen atoms in total. The summed E-state index contributed by atoms with van der Waals surface area (Å²) < 4.78 is 27.8. The minimum Gasteiger partial charge on any atom is -0.459 e. The van der Waals surface area contributed by atoms with E-state index in [1.54, 1.807) is 20.8 Å². The highest BCUT2D eigenvalue weighted by atomic mass is 16.7. The van der Waals surface area contributed by atoms with Gasteiger partial charge in [0.15, 0.2) is 12.6 Å². The molecule has 0 aromatic carbocycles. The SMILES string of the molecule is CC(=O)N[C@H]1[C@@H](O[C@@H](C)[C@H](N)C(=O)OC(C)(C)C)O[C@H](CO)[C@H](O)[C@@H]1O[C@@H]1O[C@H](CO)[C@H](O)[C@H](O)[C@H]1O. The Labute approximate surface area is 214 Å². The third-order valence-corrected chi connectivity index (χ3v) is 5.90. The highest BCUT2D eigenvalue weighted by Gasteiger charge is 2.52. The summed E-state index contributed by atoms with van der Waals surface area (Å²) in [7, 11) is 0. The van der Waals surface area contributed by atoms with Crippen LogP contribution >= 0.6 is 0 Å². The Morgan fingerprint density at radius 1 is 0.946 bits per heavy atom. The Bertz CT molecular complexity index is 763. The van der Waals surface area contributed by atoms with Gasteiger partial charge in [-0.1, -0.05) is 0 Å². The minimum absolute atomic E-state index is 0.594. The molecule has 9 N–H and O–H groups in total.